The number of alkyl halides is 1. The lowest BCUT2D eigenvalue weighted by molar-refractivity contribution is -0.144. The third-order valence-corrected chi connectivity index (χ3v) is 6.93. The molecule has 0 bridgehead atoms. The van der Waals surface area contributed by atoms with E-state index in [0.717, 1.165) is 17.7 Å². The number of aliphatic hydroxyl groups is 1. The van der Waals surface area contributed by atoms with Crippen LogP contribution in [0.25, 0.3) is 0 Å². The van der Waals surface area contributed by atoms with Gasteiger partial charge in [-0.1, -0.05) is 18.2 Å². The summed E-state index contributed by atoms with van der Waals surface area (Å²) < 4.78 is 51.2. The second kappa shape index (κ2) is 11.5. The van der Waals surface area contributed by atoms with Crippen molar-refractivity contribution in [1.29, 1.82) is 0 Å². The number of aromatic nitrogens is 2. The third-order valence-electron chi connectivity index (χ3n) is 5.28. The van der Waals surface area contributed by atoms with E-state index in [2.05, 4.69) is 10.1 Å². The molecule has 6 atom stereocenters. The standard InChI is InChI=1S/C21H28FN4O9P/c1-4-32-18(28)13(2)25-36(31,35-14-8-6-5-7-9-14)33-12-15-17(27)21(3,22)19(34-15)26-11-10-16(24-30)23-20(26)29/h5-11,13,15,17,19,27,30H,4,12H2,1-3H3,(H,25,31)(H,23,24,29)/t13-,15?,17-,19+,21?,36?/m0/s1. The molecule has 0 spiro atoms. The number of rotatable bonds is 11. The lowest BCUT2D eigenvalue weighted by Crippen LogP contribution is -2.43. The van der Waals surface area contributed by atoms with Crippen LogP contribution in [0.4, 0.5) is 10.2 Å². The Morgan fingerprint density at radius 1 is 1.36 bits per heavy atom. The van der Waals surface area contributed by atoms with Gasteiger partial charge in [0, 0.05) is 6.20 Å². The molecule has 2 heterocycles. The van der Waals surface area contributed by atoms with Gasteiger partial charge in [0.15, 0.2) is 17.7 Å². The molecule has 0 amide bonds. The quantitative estimate of drug-likeness (QED) is 0.189. The first-order valence-corrected chi connectivity index (χ1v) is 12.5. The predicted molar refractivity (Wildman–Crippen MR) is 123 cm³/mol. The normalized spacial score (nSPS) is 26.1. The van der Waals surface area contributed by atoms with E-state index < -0.39 is 56.2 Å². The van der Waals surface area contributed by atoms with Crippen LogP contribution in [0, 0.1) is 0 Å². The Morgan fingerprint density at radius 3 is 2.67 bits per heavy atom. The highest BCUT2D eigenvalue weighted by Crippen LogP contribution is 2.47. The minimum Gasteiger partial charge on any atom is -0.465 e. The molecule has 0 radical (unpaired) electrons. The van der Waals surface area contributed by atoms with E-state index in [1.807, 2.05) is 0 Å². The van der Waals surface area contributed by atoms with Gasteiger partial charge >= 0.3 is 19.4 Å². The van der Waals surface area contributed by atoms with Crippen LogP contribution in [0.2, 0.25) is 0 Å². The summed E-state index contributed by atoms with van der Waals surface area (Å²) >= 11 is 0. The number of benzene rings is 1. The van der Waals surface area contributed by atoms with Crippen LogP contribution in [-0.4, -0.2) is 63.0 Å². The number of esters is 1. The smallest absolute Gasteiger partial charge is 0.459 e. The molecule has 1 fully saturated rings. The first-order chi connectivity index (χ1) is 17.0. The Labute approximate surface area is 205 Å². The van der Waals surface area contributed by atoms with Gasteiger partial charge in [-0.3, -0.25) is 24.6 Å². The molecule has 4 N–H and O–H groups in total. The number of hydrogen-bond acceptors (Lipinski definition) is 11. The Kier molecular flexibility index (Phi) is 8.82. The van der Waals surface area contributed by atoms with Crippen molar-refractivity contribution in [2.24, 2.45) is 0 Å². The fourth-order valence-corrected chi connectivity index (χ4v) is 4.94. The van der Waals surface area contributed by atoms with Crippen molar-refractivity contribution in [2.45, 2.75) is 50.9 Å². The fraction of sp³-hybridized carbons (Fsp3) is 0.476. The number of halogens is 1. The lowest BCUT2D eigenvalue weighted by atomic mass is 9.98. The van der Waals surface area contributed by atoms with Crippen LogP contribution >= 0.6 is 7.75 Å². The van der Waals surface area contributed by atoms with Crippen molar-refractivity contribution in [3.05, 3.63) is 53.1 Å². The Bertz CT molecular complexity index is 1150. The van der Waals surface area contributed by atoms with Gasteiger partial charge in [-0.05, 0) is 39.0 Å². The molecule has 1 aromatic heterocycles. The maximum Gasteiger partial charge on any atom is 0.459 e. The van der Waals surface area contributed by atoms with Gasteiger partial charge in [0.1, 0.15) is 24.0 Å². The summed E-state index contributed by atoms with van der Waals surface area (Å²) in [7, 11) is -4.29. The van der Waals surface area contributed by atoms with Crippen LogP contribution < -0.4 is 20.8 Å². The Hall–Kier alpha value is -2.87. The van der Waals surface area contributed by atoms with Crippen LogP contribution in [-0.2, 0) is 23.4 Å². The number of nitrogens with zero attached hydrogens (tertiary/aromatic N) is 2. The molecular formula is C21H28FN4O9P. The number of anilines is 1. The predicted octanol–water partition coefficient (Wildman–Crippen LogP) is 1.78. The van der Waals surface area contributed by atoms with Crippen LogP contribution in [0.1, 0.15) is 27.0 Å². The molecule has 0 aliphatic carbocycles. The number of carbonyl (C=O) groups excluding carboxylic acids is 1. The molecule has 1 saturated heterocycles. The SMILES string of the molecule is CCOC(=O)[C@H](C)NP(=O)(OCC1O[C@@H](n2ccc(NO)nc2=O)C(C)(F)[C@H]1O)Oc1ccccc1. The van der Waals surface area contributed by atoms with E-state index in [1.54, 1.807) is 30.6 Å². The second-order valence-electron chi connectivity index (χ2n) is 8.04. The van der Waals surface area contributed by atoms with Crippen molar-refractivity contribution in [2.75, 3.05) is 18.7 Å². The van der Waals surface area contributed by atoms with Crippen molar-refractivity contribution in [1.82, 2.24) is 14.6 Å². The van der Waals surface area contributed by atoms with E-state index in [1.165, 1.54) is 25.1 Å². The molecule has 15 heteroatoms. The molecule has 1 aliphatic heterocycles. The Morgan fingerprint density at radius 2 is 2.06 bits per heavy atom. The zero-order chi connectivity index (χ0) is 26.5. The van der Waals surface area contributed by atoms with E-state index in [0.29, 0.717) is 0 Å². The average Bonchev–Trinajstić information content (AvgIpc) is 3.06. The van der Waals surface area contributed by atoms with Crippen molar-refractivity contribution < 1.29 is 42.6 Å². The van der Waals surface area contributed by atoms with Crippen LogP contribution in [0.5, 0.6) is 5.75 Å². The van der Waals surface area contributed by atoms with Crippen molar-refractivity contribution in [3.63, 3.8) is 0 Å². The summed E-state index contributed by atoms with van der Waals surface area (Å²) in [6, 6.07) is 8.06. The first-order valence-electron chi connectivity index (χ1n) is 11.0. The maximum absolute atomic E-state index is 15.5. The number of nitrogens with one attached hydrogen (secondary N) is 2. The van der Waals surface area contributed by atoms with Gasteiger partial charge in [-0.2, -0.15) is 10.1 Å². The van der Waals surface area contributed by atoms with E-state index in [-0.39, 0.29) is 18.2 Å². The average molecular weight is 530 g/mol. The first kappa shape index (κ1) is 27.7. The summed E-state index contributed by atoms with van der Waals surface area (Å²) in [6.45, 7) is 3.48. The molecule has 36 heavy (non-hydrogen) atoms. The van der Waals surface area contributed by atoms with Crippen LogP contribution in [0.15, 0.2) is 47.4 Å². The minimum atomic E-state index is -4.29. The van der Waals surface area contributed by atoms with Gasteiger partial charge in [-0.15, -0.1) is 0 Å². The zero-order valence-corrected chi connectivity index (χ0v) is 20.6. The van der Waals surface area contributed by atoms with Crippen LogP contribution in [0.3, 0.4) is 0 Å². The maximum atomic E-state index is 15.5. The number of hydrogen-bond donors (Lipinski definition) is 4. The van der Waals surface area contributed by atoms with Gasteiger partial charge < -0.3 is 19.1 Å². The third kappa shape index (κ3) is 6.27. The number of aliphatic hydroxyl groups excluding tert-OH is 1. The molecule has 1 aliphatic rings. The monoisotopic (exact) mass is 530 g/mol. The topological polar surface area (TPSA) is 170 Å². The largest absolute Gasteiger partial charge is 0.465 e. The molecule has 2 aromatic rings. The van der Waals surface area contributed by atoms with Gasteiger partial charge in [0.2, 0.25) is 0 Å². The highest BCUT2D eigenvalue weighted by atomic mass is 31.2. The van der Waals surface area contributed by atoms with Gasteiger partial charge in [-0.25, -0.2) is 13.8 Å². The number of carbonyl (C=O) groups is 1. The highest BCUT2D eigenvalue weighted by molar-refractivity contribution is 7.52. The molecule has 1 aromatic carbocycles. The number of para-hydroxylation sites is 1. The molecular weight excluding hydrogens is 502 g/mol. The molecule has 0 saturated carbocycles. The number of ether oxygens (including phenoxy) is 2. The molecule has 3 rings (SSSR count). The lowest BCUT2D eigenvalue weighted by Gasteiger charge is -2.25. The van der Waals surface area contributed by atoms with Gasteiger partial charge in [0.05, 0.1) is 13.2 Å². The summed E-state index contributed by atoms with van der Waals surface area (Å²) in [4.78, 5) is 27.8. The summed E-state index contributed by atoms with van der Waals surface area (Å²) in [5.74, 6) is -0.726. The zero-order valence-electron chi connectivity index (χ0n) is 19.7. The van der Waals surface area contributed by atoms with Gasteiger partial charge in [0.25, 0.3) is 0 Å². The Balaban J connectivity index is 1.79. The van der Waals surface area contributed by atoms with E-state index >= 15 is 4.39 Å². The molecule has 198 valence electrons. The van der Waals surface area contributed by atoms with Crippen molar-refractivity contribution in [3.8, 4) is 5.75 Å². The van der Waals surface area contributed by atoms with E-state index in [4.69, 9.17) is 23.7 Å². The summed E-state index contributed by atoms with van der Waals surface area (Å²) in [6.07, 6.45) is -3.69. The summed E-state index contributed by atoms with van der Waals surface area (Å²) in [5.41, 5.74) is -1.74. The minimum absolute atomic E-state index is 0.0949. The second-order valence-corrected chi connectivity index (χ2v) is 9.73. The molecule has 3 unspecified atom stereocenters. The molecule has 13 nitrogen and oxygen atoms in total. The summed E-state index contributed by atoms with van der Waals surface area (Å²) in [5, 5.41) is 21.9. The highest BCUT2D eigenvalue weighted by Gasteiger charge is 2.56. The fourth-order valence-electron chi connectivity index (χ4n) is 3.44. The van der Waals surface area contributed by atoms with Crippen molar-refractivity contribution >= 4 is 19.5 Å². The van der Waals surface area contributed by atoms with E-state index in [9.17, 15) is 19.3 Å².